The van der Waals surface area contributed by atoms with Crippen LogP contribution in [0, 0.1) is 17.0 Å². The Labute approximate surface area is 98.2 Å². The van der Waals surface area contributed by atoms with Crippen LogP contribution in [0.25, 0.3) is 0 Å². The van der Waals surface area contributed by atoms with Crippen molar-refractivity contribution in [2.24, 2.45) is 5.41 Å². The van der Waals surface area contributed by atoms with Crippen LogP contribution in [0.4, 0.5) is 8.78 Å². The van der Waals surface area contributed by atoms with Crippen LogP contribution in [0.15, 0.2) is 18.2 Å². The van der Waals surface area contributed by atoms with Gasteiger partial charge in [-0.1, -0.05) is 0 Å². The zero-order chi connectivity index (χ0) is 12.1. The Bertz CT molecular complexity index is 451. The van der Waals surface area contributed by atoms with Gasteiger partial charge in [0.25, 0.3) is 0 Å². The molecule has 1 heterocycles. The number of halogens is 2. The van der Waals surface area contributed by atoms with Crippen molar-refractivity contribution >= 4 is 0 Å². The maximum absolute atomic E-state index is 13.9. The maximum Gasteiger partial charge on any atom is 0.127 e. The molecule has 2 aliphatic rings. The van der Waals surface area contributed by atoms with Crippen LogP contribution in [-0.2, 0) is 10.2 Å². The van der Waals surface area contributed by atoms with Gasteiger partial charge >= 0.3 is 0 Å². The summed E-state index contributed by atoms with van der Waals surface area (Å²) in [5, 5.41) is 9.51. The lowest BCUT2D eigenvalue weighted by Crippen LogP contribution is -2.55. The molecule has 0 radical (unpaired) electrons. The topological polar surface area (TPSA) is 29.5 Å². The Kier molecular flexibility index (Phi) is 2.28. The van der Waals surface area contributed by atoms with E-state index >= 15 is 0 Å². The molecule has 0 atom stereocenters. The van der Waals surface area contributed by atoms with Gasteiger partial charge in [-0.2, -0.15) is 0 Å². The van der Waals surface area contributed by atoms with E-state index in [1.165, 1.54) is 6.07 Å². The lowest BCUT2D eigenvalue weighted by molar-refractivity contribution is -0.112. The third-order valence-electron chi connectivity index (χ3n) is 4.31. The first-order valence-corrected chi connectivity index (χ1v) is 5.78. The zero-order valence-corrected chi connectivity index (χ0v) is 9.38. The van der Waals surface area contributed by atoms with Crippen LogP contribution >= 0.6 is 0 Å². The first kappa shape index (κ1) is 11.1. The number of ether oxygens (including phenoxy) is 1. The number of rotatable bonds is 3. The van der Waals surface area contributed by atoms with Crippen molar-refractivity contribution in [2.75, 3.05) is 19.8 Å². The fraction of sp³-hybridized carbons (Fsp3) is 0.538. The van der Waals surface area contributed by atoms with Gasteiger partial charge in [-0.15, -0.1) is 0 Å². The van der Waals surface area contributed by atoms with Gasteiger partial charge in [0.2, 0.25) is 0 Å². The van der Waals surface area contributed by atoms with Crippen molar-refractivity contribution in [3.63, 3.8) is 0 Å². The Balaban J connectivity index is 2.09. The zero-order valence-electron chi connectivity index (χ0n) is 9.38. The molecule has 17 heavy (non-hydrogen) atoms. The van der Waals surface area contributed by atoms with Crippen molar-refractivity contribution < 1.29 is 18.6 Å². The molecule has 1 aromatic rings. The number of hydrogen-bond donors (Lipinski definition) is 1. The number of benzene rings is 1. The lowest BCUT2D eigenvalue weighted by Gasteiger charge is -2.48. The van der Waals surface area contributed by atoms with Crippen LogP contribution in [0.3, 0.4) is 0 Å². The van der Waals surface area contributed by atoms with Gasteiger partial charge in [0.15, 0.2) is 0 Å². The molecule has 1 aliphatic carbocycles. The minimum atomic E-state index is -0.534. The molecule has 1 N–H and O–H groups in total. The maximum atomic E-state index is 13.9. The monoisotopic (exact) mass is 240 g/mol. The first-order valence-electron chi connectivity index (χ1n) is 5.78. The fourth-order valence-electron chi connectivity index (χ4n) is 2.86. The lowest BCUT2D eigenvalue weighted by atomic mass is 9.66. The predicted octanol–water partition coefficient (Wildman–Crippen LogP) is 2.01. The van der Waals surface area contributed by atoms with Crippen molar-refractivity contribution in [1.82, 2.24) is 0 Å². The molecule has 0 amide bonds. The predicted molar refractivity (Wildman–Crippen MR) is 57.6 cm³/mol. The van der Waals surface area contributed by atoms with E-state index < -0.39 is 17.0 Å². The van der Waals surface area contributed by atoms with Gasteiger partial charge in [0.05, 0.1) is 18.6 Å². The van der Waals surface area contributed by atoms with Crippen LogP contribution in [0.5, 0.6) is 0 Å². The molecule has 2 nitrogen and oxygen atoms in total. The second kappa shape index (κ2) is 3.50. The normalized spacial score (nSPS) is 24.2. The fourth-order valence-corrected chi connectivity index (χ4v) is 2.86. The molecule has 0 unspecified atom stereocenters. The summed E-state index contributed by atoms with van der Waals surface area (Å²) in [5.74, 6) is -0.851. The number of aliphatic hydroxyl groups excluding tert-OH is 1. The Morgan fingerprint density at radius 3 is 2.41 bits per heavy atom. The molecule has 4 heteroatoms. The molecule has 2 fully saturated rings. The molecular formula is C13H14F2O2. The molecule has 0 bridgehead atoms. The average Bonchev–Trinajstić information content (AvgIpc) is 3.03. The van der Waals surface area contributed by atoms with E-state index in [-0.39, 0.29) is 12.0 Å². The largest absolute Gasteiger partial charge is 0.396 e. The SMILES string of the molecule is OCC1(C2(c3cc(F)ccc3F)COC2)CC1. The molecule has 92 valence electrons. The van der Waals surface area contributed by atoms with E-state index in [0.29, 0.717) is 18.8 Å². The van der Waals surface area contributed by atoms with E-state index in [4.69, 9.17) is 4.74 Å². The second-order valence-corrected chi connectivity index (χ2v) is 5.14. The summed E-state index contributed by atoms with van der Waals surface area (Å²) < 4.78 is 32.4. The van der Waals surface area contributed by atoms with Gasteiger partial charge in [0.1, 0.15) is 11.6 Å². The molecular weight excluding hydrogens is 226 g/mol. The van der Waals surface area contributed by atoms with Gasteiger partial charge in [-0.25, -0.2) is 8.78 Å². The minimum Gasteiger partial charge on any atom is -0.396 e. The number of hydrogen-bond acceptors (Lipinski definition) is 2. The third kappa shape index (κ3) is 1.37. The van der Waals surface area contributed by atoms with Crippen LogP contribution in [0.2, 0.25) is 0 Å². The molecule has 1 aromatic carbocycles. The summed E-state index contributed by atoms with van der Waals surface area (Å²) in [7, 11) is 0. The van der Waals surface area contributed by atoms with Crippen LogP contribution < -0.4 is 0 Å². The highest BCUT2D eigenvalue weighted by molar-refractivity contribution is 5.36. The molecule has 1 saturated heterocycles. The Morgan fingerprint density at radius 1 is 1.24 bits per heavy atom. The van der Waals surface area contributed by atoms with Gasteiger partial charge in [-0.05, 0) is 31.0 Å². The highest BCUT2D eigenvalue weighted by atomic mass is 19.1. The van der Waals surface area contributed by atoms with Gasteiger partial charge in [0, 0.05) is 17.6 Å². The highest BCUT2D eigenvalue weighted by Gasteiger charge is 2.64. The Hall–Kier alpha value is -1.00. The molecule has 3 rings (SSSR count). The van der Waals surface area contributed by atoms with Crippen molar-refractivity contribution in [3.05, 3.63) is 35.4 Å². The van der Waals surface area contributed by atoms with Gasteiger partial charge in [-0.3, -0.25) is 0 Å². The quantitative estimate of drug-likeness (QED) is 0.875. The van der Waals surface area contributed by atoms with Gasteiger partial charge < -0.3 is 9.84 Å². The molecule has 0 aromatic heterocycles. The first-order chi connectivity index (χ1) is 8.13. The summed E-state index contributed by atoms with van der Waals surface area (Å²) in [6.45, 7) is 0.744. The second-order valence-electron chi connectivity index (χ2n) is 5.14. The van der Waals surface area contributed by atoms with Crippen molar-refractivity contribution in [2.45, 2.75) is 18.3 Å². The third-order valence-corrected chi connectivity index (χ3v) is 4.31. The molecule has 0 spiro atoms. The Morgan fingerprint density at radius 2 is 1.94 bits per heavy atom. The standard InChI is InChI=1S/C13H14F2O2/c14-9-1-2-11(15)10(5-9)13(7-17-8-13)12(6-16)3-4-12/h1-2,5,16H,3-4,6-8H2. The minimum absolute atomic E-state index is 0.00626. The summed E-state index contributed by atoms with van der Waals surface area (Å²) in [6.07, 6.45) is 1.70. The molecule has 1 saturated carbocycles. The summed E-state index contributed by atoms with van der Waals surface area (Å²) in [6, 6.07) is 3.51. The summed E-state index contributed by atoms with van der Waals surface area (Å²) >= 11 is 0. The highest BCUT2D eigenvalue weighted by Crippen LogP contribution is 2.62. The average molecular weight is 240 g/mol. The van der Waals surface area contributed by atoms with E-state index in [0.717, 1.165) is 25.0 Å². The molecule has 1 aliphatic heterocycles. The smallest absolute Gasteiger partial charge is 0.127 e. The van der Waals surface area contributed by atoms with Crippen molar-refractivity contribution in [3.8, 4) is 0 Å². The van der Waals surface area contributed by atoms with Crippen LogP contribution in [0.1, 0.15) is 18.4 Å². The van der Waals surface area contributed by atoms with Crippen molar-refractivity contribution in [1.29, 1.82) is 0 Å². The van der Waals surface area contributed by atoms with E-state index in [1.807, 2.05) is 0 Å². The van der Waals surface area contributed by atoms with Crippen LogP contribution in [-0.4, -0.2) is 24.9 Å². The van der Waals surface area contributed by atoms with E-state index in [9.17, 15) is 13.9 Å². The summed E-state index contributed by atoms with van der Waals surface area (Å²) in [5.41, 5.74) is -0.483. The summed E-state index contributed by atoms with van der Waals surface area (Å²) in [4.78, 5) is 0. The number of aliphatic hydroxyl groups is 1. The van der Waals surface area contributed by atoms with E-state index in [1.54, 1.807) is 0 Å². The van der Waals surface area contributed by atoms with E-state index in [2.05, 4.69) is 0 Å².